The molecule has 0 aromatic carbocycles. The van der Waals surface area contributed by atoms with E-state index in [1.54, 1.807) is 0 Å². The van der Waals surface area contributed by atoms with Crippen LogP contribution in [0.15, 0.2) is 0 Å². The van der Waals surface area contributed by atoms with E-state index in [-0.39, 0.29) is 18.4 Å². The zero-order valence-corrected chi connectivity index (χ0v) is 11.7. The normalized spacial score (nSPS) is 18.6. The largest absolute Gasteiger partial charge is 0.481 e. The molecule has 3 N–H and O–H groups in total. The number of nitrogens with zero attached hydrogens (tertiary/aromatic N) is 1. The number of carbonyl (C=O) groups is 2. The van der Waals surface area contributed by atoms with Crippen LogP contribution < -0.4 is 10.6 Å². The van der Waals surface area contributed by atoms with Gasteiger partial charge >= 0.3 is 5.97 Å². The molecule has 0 radical (unpaired) electrons. The van der Waals surface area contributed by atoms with Gasteiger partial charge in [0.25, 0.3) is 0 Å². The van der Waals surface area contributed by atoms with Crippen LogP contribution in [0.2, 0.25) is 0 Å². The first-order chi connectivity index (χ1) is 9.08. The highest BCUT2D eigenvalue weighted by Crippen LogP contribution is 2.01. The zero-order valence-electron chi connectivity index (χ0n) is 11.7. The molecule has 0 saturated carbocycles. The molecule has 0 aliphatic carbocycles. The van der Waals surface area contributed by atoms with E-state index in [4.69, 9.17) is 5.11 Å². The van der Waals surface area contributed by atoms with Crippen LogP contribution in [0.5, 0.6) is 0 Å². The zero-order chi connectivity index (χ0) is 14.1. The average molecular weight is 271 g/mol. The highest BCUT2D eigenvalue weighted by molar-refractivity contribution is 5.78. The summed E-state index contributed by atoms with van der Waals surface area (Å²) in [7, 11) is 0. The molecule has 1 rings (SSSR count). The van der Waals surface area contributed by atoms with Gasteiger partial charge in [-0.05, 0) is 39.3 Å². The summed E-state index contributed by atoms with van der Waals surface area (Å²) in [4.78, 5) is 24.4. The number of hydrogen-bond acceptors (Lipinski definition) is 4. The molecule has 1 heterocycles. The molecular formula is C13H25N3O3. The van der Waals surface area contributed by atoms with E-state index >= 15 is 0 Å². The fourth-order valence-electron chi connectivity index (χ4n) is 2.21. The van der Waals surface area contributed by atoms with Crippen LogP contribution in [0.25, 0.3) is 0 Å². The Morgan fingerprint density at radius 2 is 2.16 bits per heavy atom. The minimum atomic E-state index is -0.782. The van der Waals surface area contributed by atoms with Crippen molar-refractivity contribution < 1.29 is 14.7 Å². The number of nitrogens with one attached hydrogen (secondary N) is 2. The van der Waals surface area contributed by atoms with Crippen LogP contribution in [0.4, 0.5) is 0 Å². The third-order valence-electron chi connectivity index (χ3n) is 3.24. The van der Waals surface area contributed by atoms with Crippen molar-refractivity contribution in [3.8, 4) is 0 Å². The number of hydrogen-bond donors (Lipinski definition) is 3. The summed E-state index contributed by atoms with van der Waals surface area (Å²) < 4.78 is 0. The van der Waals surface area contributed by atoms with Gasteiger partial charge in [-0.25, -0.2) is 0 Å². The van der Waals surface area contributed by atoms with E-state index in [2.05, 4.69) is 15.5 Å². The average Bonchev–Trinajstić information content (AvgIpc) is 2.56. The maximum absolute atomic E-state index is 11.8. The third kappa shape index (κ3) is 7.79. The van der Waals surface area contributed by atoms with E-state index in [1.165, 1.54) is 0 Å². The van der Waals surface area contributed by atoms with Crippen molar-refractivity contribution in [2.45, 2.75) is 38.6 Å². The SMILES string of the molecule is CC(CCCC(=O)O)NC(=O)CN1CCCNCC1. The van der Waals surface area contributed by atoms with Crippen LogP contribution in [0.3, 0.4) is 0 Å². The monoisotopic (exact) mass is 271 g/mol. The molecule has 1 amide bonds. The van der Waals surface area contributed by atoms with Gasteiger partial charge in [-0.1, -0.05) is 0 Å². The van der Waals surface area contributed by atoms with Crippen LogP contribution >= 0.6 is 0 Å². The van der Waals surface area contributed by atoms with Crippen molar-refractivity contribution >= 4 is 11.9 Å². The molecule has 6 heteroatoms. The Hall–Kier alpha value is -1.14. The number of aliphatic carboxylic acids is 1. The van der Waals surface area contributed by atoms with Crippen molar-refractivity contribution in [3.05, 3.63) is 0 Å². The summed E-state index contributed by atoms with van der Waals surface area (Å²) in [5.41, 5.74) is 0. The second kappa shape index (κ2) is 8.87. The number of carboxylic acid groups (broad SMARTS) is 1. The van der Waals surface area contributed by atoms with Gasteiger partial charge in [0.05, 0.1) is 6.54 Å². The summed E-state index contributed by atoms with van der Waals surface area (Å²) in [6, 6.07) is 0.0388. The molecule has 0 bridgehead atoms. The molecule has 1 aliphatic rings. The predicted octanol–water partition coefficient (Wildman–Crippen LogP) is 0.0413. The third-order valence-corrected chi connectivity index (χ3v) is 3.24. The molecule has 0 spiro atoms. The van der Waals surface area contributed by atoms with Crippen molar-refractivity contribution in [2.24, 2.45) is 0 Å². The number of rotatable bonds is 7. The maximum atomic E-state index is 11.8. The predicted molar refractivity (Wildman–Crippen MR) is 73.0 cm³/mol. The Morgan fingerprint density at radius 1 is 1.37 bits per heavy atom. The highest BCUT2D eigenvalue weighted by atomic mass is 16.4. The molecule has 6 nitrogen and oxygen atoms in total. The fourth-order valence-corrected chi connectivity index (χ4v) is 2.21. The molecule has 0 aromatic rings. The van der Waals surface area contributed by atoms with E-state index in [1.807, 2.05) is 6.92 Å². The van der Waals surface area contributed by atoms with Gasteiger partial charge in [0.15, 0.2) is 0 Å². The number of carbonyl (C=O) groups excluding carboxylic acids is 1. The maximum Gasteiger partial charge on any atom is 0.303 e. The molecule has 1 aliphatic heterocycles. The molecule has 1 atom stereocenters. The highest BCUT2D eigenvalue weighted by Gasteiger charge is 2.14. The van der Waals surface area contributed by atoms with E-state index in [0.29, 0.717) is 19.4 Å². The van der Waals surface area contributed by atoms with Crippen LogP contribution in [0, 0.1) is 0 Å². The Labute approximate surface area is 114 Å². The summed E-state index contributed by atoms with van der Waals surface area (Å²) in [5.74, 6) is -0.750. The van der Waals surface area contributed by atoms with Gasteiger partial charge in [0.1, 0.15) is 0 Å². The molecular weight excluding hydrogens is 246 g/mol. The van der Waals surface area contributed by atoms with Gasteiger partial charge in [0, 0.05) is 25.6 Å². The van der Waals surface area contributed by atoms with Gasteiger partial charge in [-0.15, -0.1) is 0 Å². The van der Waals surface area contributed by atoms with E-state index < -0.39 is 5.97 Å². The topological polar surface area (TPSA) is 81.7 Å². The summed E-state index contributed by atoms with van der Waals surface area (Å²) in [6.45, 7) is 6.16. The van der Waals surface area contributed by atoms with Gasteiger partial charge in [-0.2, -0.15) is 0 Å². The van der Waals surface area contributed by atoms with E-state index in [9.17, 15) is 9.59 Å². The number of amides is 1. The Balaban J connectivity index is 2.16. The van der Waals surface area contributed by atoms with Gasteiger partial charge in [-0.3, -0.25) is 14.5 Å². The summed E-state index contributed by atoms with van der Waals surface area (Å²) in [5, 5.41) is 14.8. The Bertz CT molecular complexity index is 289. The minimum Gasteiger partial charge on any atom is -0.481 e. The second-order valence-electron chi connectivity index (χ2n) is 5.13. The molecule has 1 saturated heterocycles. The molecule has 19 heavy (non-hydrogen) atoms. The smallest absolute Gasteiger partial charge is 0.303 e. The van der Waals surface area contributed by atoms with Gasteiger partial charge in [0.2, 0.25) is 5.91 Å². The van der Waals surface area contributed by atoms with Crippen molar-refractivity contribution in [3.63, 3.8) is 0 Å². The number of carboxylic acids is 1. The molecule has 0 aromatic heterocycles. The Morgan fingerprint density at radius 3 is 2.89 bits per heavy atom. The summed E-state index contributed by atoms with van der Waals surface area (Å²) in [6.07, 6.45) is 2.55. The molecule has 1 unspecified atom stereocenters. The van der Waals surface area contributed by atoms with E-state index in [0.717, 1.165) is 32.6 Å². The lowest BCUT2D eigenvalue weighted by molar-refractivity contribution is -0.137. The second-order valence-corrected chi connectivity index (χ2v) is 5.13. The summed E-state index contributed by atoms with van der Waals surface area (Å²) >= 11 is 0. The van der Waals surface area contributed by atoms with Crippen molar-refractivity contribution in [1.82, 2.24) is 15.5 Å². The van der Waals surface area contributed by atoms with Crippen LogP contribution in [-0.2, 0) is 9.59 Å². The first-order valence-electron chi connectivity index (χ1n) is 7.02. The molecule has 1 fully saturated rings. The van der Waals surface area contributed by atoms with Crippen molar-refractivity contribution in [2.75, 3.05) is 32.7 Å². The standard InChI is InChI=1S/C13H25N3O3/c1-11(4-2-5-13(18)19)15-12(17)10-16-8-3-6-14-7-9-16/h11,14H,2-10H2,1H3,(H,15,17)(H,18,19). The van der Waals surface area contributed by atoms with Crippen LogP contribution in [-0.4, -0.2) is 60.6 Å². The lowest BCUT2D eigenvalue weighted by atomic mass is 10.1. The lowest BCUT2D eigenvalue weighted by Gasteiger charge is -2.20. The minimum absolute atomic E-state index is 0.0322. The van der Waals surface area contributed by atoms with Crippen molar-refractivity contribution in [1.29, 1.82) is 0 Å². The van der Waals surface area contributed by atoms with Crippen LogP contribution in [0.1, 0.15) is 32.6 Å². The quantitative estimate of drug-likeness (QED) is 0.609. The van der Waals surface area contributed by atoms with Gasteiger partial charge < -0.3 is 15.7 Å². The first kappa shape index (κ1) is 15.9. The Kier molecular flexibility index (Phi) is 7.43. The lowest BCUT2D eigenvalue weighted by Crippen LogP contribution is -2.42. The fraction of sp³-hybridized carbons (Fsp3) is 0.846. The first-order valence-corrected chi connectivity index (χ1v) is 7.02. The molecule has 110 valence electrons.